The average Bonchev–Trinajstić information content (AvgIpc) is 2.69. The highest BCUT2D eigenvalue weighted by atomic mass is 32.1. The van der Waals surface area contributed by atoms with E-state index < -0.39 is 0 Å². The van der Waals surface area contributed by atoms with E-state index in [9.17, 15) is 0 Å². The molecule has 0 amide bonds. The Morgan fingerprint density at radius 3 is 3.07 bits per heavy atom. The van der Waals surface area contributed by atoms with Gasteiger partial charge in [0.15, 0.2) is 0 Å². The van der Waals surface area contributed by atoms with E-state index in [-0.39, 0.29) is 6.04 Å². The van der Waals surface area contributed by atoms with E-state index in [1.54, 1.807) is 17.4 Å². The first-order valence-electron chi connectivity index (χ1n) is 4.54. The summed E-state index contributed by atoms with van der Waals surface area (Å²) in [4.78, 5) is 1.10. The third-order valence-electron chi connectivity index (χ3n) is 1.75. The maximum absolute atomic E-state index is 6.03. The molecule has 0 aliphatic heterocycles. The van der Waals surface area contributed by atoms with Gasteiger partial charge in [0.25, 0.3) is 0 Å². The highest BCUT2D eigenvalue weighted by Crippen LogP contribution is 2.24. The highest BCUT2D eigenvalue weighted by Gasteiger charge is 2.12. The zero-order valence-corrected chi connectivity index (χ0v) is 9.09. The first kappa shape index (κ1) is 11.0. The van der Waals surface area contributed by atoms with Gasteiger partial charge in [0.1, 0.15) is 5.76 Å². The lowest BCUT2D eigenvalue weighted by atomic mass is 10.2. The highest BCUT2D eigenvalue weighted by molar-refractivity contribution is 7.10. The van der Waals surface area contributed by atoms with Gasteiger partial charge in [-0.2, -0.15) is 0 Å². The molecule has 0 saturated heterocycles. The van der Waals surface area contributed by atoms with Crippen molar-refractivity contribution in [3.05, 3.63) is 46.9 Å². The van der Waals surface area contributed by atoms with E-state index in [0.717, 1.165) is 10.6 Å². The zero-order valence-electron chi connectivity index (χ0n) is 8.27. The lowest BCUT2D eigenvalue weighted by Gasteiger charge is -2.14. The van der Waals surface area contributed by atoms with Gasteiger partial charge in [-0.25, -0.2) is 0 Å². The molecular formula is C11H15NOS. The Bertz CT molecular complexity index is 303. The van der Waals surface area contributed by atoms with Crippen LogP contribution in [-0.2, 0) is 4.74 Å². The van der Waals surface area contributed by atoms with Crippen LogP contribution in [0, 0.1) is 0 Å². The Balaban J connectivity index is 2.78. The van der Waals surface area contributed by atoms with Gasteiger partial charge in [-0.15, -0.1) is 11.3 Å². The zero-order chi connectivity index (χ0) is 10.4. The summed E-state index contributed by atoms with van der Waals surface area (Å²) in [5.41, 5.74) is 6.03. The van der Waals surface area contributed by atoms with Crippen LogP contribution in [0.15, 0.2) is 42.0 Å². The van der Waals surface area contributed by atoms with Crippen molar-refractivity contribution in [2.45, 2.75) is 13.0 Å². The molecule has 0 bridgehead atoms. The number of nitrogens with two attached hydrogens (primary N) is 1. The number of hydrogen-bond donors (Lipinski definition) is 1. The number of ether oxygens (including phenoxy) is 1. The summed E-state index contributed by atoms with van der Waals surface area (Å²) >= 11 is 1.63. The fraction of sp³-hybridized carbons (Fsp3) is 0.273. The number of rotatable bonds is 5. The van der Waals surface area contributed by atoms with E-state index in [1.807, 2.05) is 30.5 Å². The second-order valence-electron chi connectivity index (χ2n) is 2.73. The summed E-state index contributed by atoms with van der Waals surface area (Å²) in [5.74, 6) is 0.768. The van der Waals surface area contributed by atoms with Gasteiger partial charge in [-0.3, -0.25) is 0 Å². The van der Waals surface area contributed by atoms with Crippen LogP contribution < -0.4 is 5.73 Å². The quantitative estimate of drug-likeness (QED) is 0.598. The first-order chi connectivity index (χ1) is 6.79. The fourth-order valence-electron chi connectivity index (χ4n) is 1.13. The second kappa shape index (κ2) is 5.62. The molecule has 0 saturated carbocycles. The van der Waals surface area contributed by atoms with Crippen molar-refractivity contribution in [3.8, 4) is 0 Å². The molecule has 1 aromatic rings. The molecule has 1 atom stereocenters. The van der Waals surface area contributed by atoms with Crippen molar-refractivity contribution in [2.75, 3.05) is 6.61 Å². The molecule has 1 rings (SSSR count). The third kappa shape index (κ3) is 2.72. The molecule has 1 heterocycles. The monoisotopic (exact) mass is 209 g/mol. The molecular weight excluding hydrogens is 194 g/mol. The van der Waals surface area contributed by atoms with Gasteiger partial charge < -0.3 is 10.5 Å². The average molecular weight is 209 g/mol. The minimum atomic E-state index is -0.173. The Kier molecular flexibility index (Phi) is 4.43. The summed E-state index contributed by atoms with van der Waals surface area (Å²) in [6.45, 7) is 6.20. The van der Waals surface area contributed by atoms with E-state index in [2.05, 4.69) is 6.58 Å². The molecule has 2 N–H and O–H groups in total. The number of allylic oxidation sites excluding steroid dienone is 2. The molecule has 14 heavy (non-hydrogen) atoms. The standard InChI is InChI=1S/C11H15NOS/c1-3-6-9(13-4-2)11(12)10-7-5-8-14-10/h3,5-8,11H,1,4,12H2,2H3/b9-6+/t11-/m1/s1. The Morgan fingerprint density at radius 2 is 2.57 bits per heavy atom. The molecule has 0 spiro atoms. The van der Waals surface area contributed by atoms with Crippen LogP contribution in [0.5, 0.6) is 0 Å². The largest absolute Gasteiger partial charge is 0.496 e. The summed E-state index contributed by atoms with van der Waals surface area (Å²) in [7, 11) is 0. The smallest absolute Gasteiger partial charge is 0.118 e. The van der Waals surface area contributed by atoms with Crippen molar-refractivity contribution in [3.63, 3.8) is 0 Å². The van der Waals surface area contributed by atoms with Gasteiger partial charge in [-0.1, -0.05) is 18.7 Å². The molecule has 0 aliphatic rings. The molecule has 0 aliphatic carbocycles. The third-order valence-corrected chi connectivity index (χ3v) is 2.70. The predicted molar refractivity (Wildman–Crippen MR) is 61.2 cm³/mol. The molecule has 0 radical (unpaired) electrons. The van der Waals surface area contributed by atoms with Gasteiger partial charge >= 0.3 is 0 Å². The minimum absolute atomic E-state index is 0.173. The Hall–Kier alpha value is -1.06. The lowest BCUT2D eigenvalue weighted by molar-refractivity contribution is 0.210. The Labute approximate surface area is 88.7 Å². The summed E-state index contributed by atoms with van der Waals surface area (Å²) in [6, 6.07) is 3.82. The van der Waals surface area contributed by atoms with Crippen LogP contribution in [-0.4, -0.2) is 6.61 Å². The predicted octanol–water partition coefficient (Wildman–Crippen LogP) is 2.85. The second-order valence-corrected chi connectivity index (χ2v) is 3.71. The molecule has 0 unspecified atom stereocenters. The van der Waals surface area contributed by atoms with Crippen molar-refractivity contribution in [1.29, 1.82) is 0 Å². The number of hydrogen-bond acceptors (Lipinski definition) is 3. The van der Waals surface area contributed by atoms with Gasteiger partial charge in [0, 0.05) is 4.88 Å². The van der Waals surface area contributed by atoms with Crippen molar-refractivity contribution in [1.82, 2.24) is 0 Å². The summed E-state index contributed by atoms with van der Waals surface area (Å²) in [6.07, 6.45) is 3.51. The molecule has 2 nitrogen and oxygen atoms in total. The molecule has 3 heteroatoms. The Morgan fingerprint density at radius 1 is 1.79 bits per heavy atom. The minimum Gasteiger partial charge on any atom is -0.496 e. The normalized spacial score (nSPS) is 13.7. The van der Waals surface area contributed by atoms with Crippen molar-refractivity contribution in [2.24, 2.45) is 5.73 Å². The maximum atomic E-state index is 6.03. The van der Waals surface area contributed by atoms with Crippen LogP contribution in [0.4, 0.5) is 0 Å². The van der Waals surface area contributed by atoms with E-state index in [4.69, 9.17) is 10.5 Å². The summed E-state index contributed by atoms with van der Waals surface area (Å²) < 4.78 is 5.44. The van der Waals surface area contributed by atoms with Gasteiger partial charge in [0.05, 0.1) is 12.6 Å². The summed E-state index contributed by atoms with van der Waals surface area (Å²) in [5, 5.41) is 2.01. The van der Waals surface area contributed by atoms with Crippen molar-refractivity contribution >= 4 is 11.3 Å². The van der Waals surface area contributed by atoms with E-state index >= 15 is 0 Å². The van der Waals surface area contributed by atoms with Crippen LogP contribution in [0.2, 0.25) is 0 Å². The van der Waals surface area contributed by atoms with Crippen LogP contribution in [0.25, 0.3) is 0 Å². The topological polar surface area (TPSA) is 35.2 Å². The maximum Gasteiger partial charge on any atom is 0.118 e. The van der Waals surface area contributed by atoms with Crippen LogP contribution >= 0.6 is 11.3 Å². The van der Waals surface area contributed by atoms with E-state index in [0.29, 0.717) is 6.61 Å². The first-order valence-corrected chi connectivity index (χ1v) is 5.42. The molecule has 0 fully saturated rings. The van der Waals surface area contributed by atoms with Gasteiger partial charge in [-0.05, 0) is 24.4 Å². The molecule has 0 aromatic carbocycles. The molecule has 76 valence electrons. The van der Waals surface area contributed by atoms with Crippen molar-refractivity contribution < 1.29 is 4.74 Å². The fourth-order valence-corrected chi connectivity index (χ4v) is 1.87. The van der Waals surface area contributed by atoms with Gasteiger partial charge in [0.2, 0.25) is 0 Å². The van der Waals surface area contributed by atoms with Crippen LogP contribution in [0.1, 0.15) is 17.8 Å². The molecule has 1 aromatic heterocycles. The van der Waals surface area contributed by atoms with E-state index in [1.165, 1.54) is 0 Å². The number of thiophene rings is 1. The van der Waals surface area contributed by atoms with Crippen LogP contribution in [0.3, 0.4) is 0 Å². The SMILES string of the molecule is C=C/C=C(/OCC)[C@@H](N)c1cccs1. The lowest BCUT2D eigenvalue weighted by Crippen LogP contribution is -2.14.